The van der Waals surface area contributed by atoms with Crippen LogP contribution in [0.5, 0.6) is 0 Å². The summed E-state index contributed by atoms with van der Waals surface area (Å²) in [6.45, 7) is 3.83. The fourth-order valence-corrected chi connectivity index (χ4v) is 3.87. The highest BCUT2D eigenvalue weighted by Crippen LogP contribution is 2.28. The summed E-state index contributed by atoms with van der Waals surface area (Å²) in [5, 5.41) is 11.0. The van der Waals surface area contributed by atoms with Crippen molar-refractivity contribution in [1.82, 2.24) is 14.8 Å². The number of rotatable bonds is 7. The van der Waals surface area contributed by atoms with Crippen molar-refractivity contribution in [3.8, 4) is 0 Å². The second kappa shape index (κ2) is 9.85. The molecule has 6 nitrogen and oxygen atoms in total. The maximum absolute atomic E-state index is 12.9. The van der Waals surface area contributed by atoms with Crippen molar-refractivity contribution in [3.05, 3.63) is 54.2 Å². The van der Waals surface area contributed by atoms with Gasteiger partial charge in [-0.15, -0.1) is 0 Å². The Morgan fingerprint density at radius 3 is 2.74 bits per heavy atom. The molecule has 1 atom stereocenters. The molecule has 1 amide bonds. The highest BCUT2D eigenvalue weighted by molar-refractivity contribution is 7.99. The molecule has 1 saturated heterocycles. The van der Waals surface area contributed by atoms with E-state index in [0.29, 0.717) is 30.3 Å². The molecule has 1 aromatic heterocycles. The van der Waals surface area contributed by atoms with Crippen LogP contribution in [0.15, 0.2) is 58.6 Å². The Morgan fingerprint density at radius 2 is 2.00 bits per heavy atom. The van der Waals surface area contributed by atoms with E-state index in [0.717, 1.165) is 18.0 Å². The number of hydrogen-bond donors (Lipinski definition) is 1. The van der Waals surface area contributed by atoms with Gasteiger partial charge in [-0.1, -0.05) is 30.0 Å². The highest BCUT2D eigenvalue weighted by Gasteiger charge is 2.21. The topological polar surface area (TPSA) is 65.9 Å². The predicted molar refractivity (Wildman–Crippen MR) is 105 cm³/mol. The summed E-state index contributed by atoms with van der Waals surface area (Å²) in [4.78, 5) is 22.0. The lowest BCUT2D eigenvalue weighted by Gasteiger charge is -2.30. The molecule has 2 heterocycles. The molecule has 2 aromatic rings. The first kappa shape index (κ1) is 19.8. The number of carbonyl (C=O) groups excluding carboxylic acids is 1. The molecule has 0 saturated carbocycles. The number of nitrogens with zero attached hydrogens (tertiary/aromatic N) is 3. The SMILES string of the molecule is CN(C[C@@H](O)CN1CCOCC1)C(=O)c1cccnc1Sc1ccccc1. The summed E-state index contributed by atoms with van der Waals surface area (Å²) in [7, 11) is 1.72. The van der Waals surface area contributed by atoms with Gasteiger partial charge < -0.3 is 14.7 Å². The number of aromatic nitrogens is 1. The van der Waals surface area contributed by atoms with Crippen LogP contribution < -0.4 is 0 Å². The number of β-amino-alcohol motifs (C(OH)–C–C–N with tert-alkyl or cyclic N) is 1. The second-order valence-corrected chi connectivity index (χ2v) is 7.59. The maximum Gasteiger partial charge on any atom is 0.256 e. The maximum atomic E-state index is 12.9. The Labute approximate surface area is 164 Å². The van der Waals surface area contributed by atoms with Gasteiger partial charge in [0, 0.05) is 44.3 Å². The van der Waals surface area contributed by atoms with E-state index in [4.69, 9.17) is 4.74 Å². The van der Waals surface area contributed by atoms with Gasteiger partial charge in [0.1, 0.15) is 5.03 Å². The zero-order valence-corrected chi connectivity index (χ0v) is 16.3. The van der Waals surface area contributed by atoms with Crippen LogP contribution in [0.1, 0.15) is 10.4 Å². The minimum Gasteiger partial charge on any atom is -0.390 e. The fourth-order valence-electron chi connectivity index (χ4n) is 2.98. The van der Waals surface area contributed by atoms with Crippen molar-refractivity contribution in [2.45, 2.75) is 16.0 Å². The lowest BCUT2D eigenvalue weighted by atomic mass is 10.2. The average Bonchev–Trinajstić information content (AvgIpc) is 2.69. The lowest BCUT2D eigenvalue weighted by Crippen LogP contribution is -2.45. The zero-order chi connectivity index (χ0) is 19.1. The molecule has 0 unspecified atom stereocenters. The summed E-state index contributed by atoms with van der Waals surface area (Å²) in [6, 6.07) is 13.4. The number of morpholine rings is 1. The summed E-state index contributed by atoms with van der Waals surface area (Å²) in [5.41, 5.74) is 0.549. The van der Waals surface area contributed by atoms with E-state index < -0.39 is 6.10 Å². The largest absolute Gasteiger partial charge is 0.390 e. The predicted octanol–water partition coefficient (Wildman–Crippen LogP) is 2.00. The normalized spacial score (nSPS) is 16.1. The van der Waals surface area contributed by atoms with Crippen molar-refractivity contribution in [1.29, 1.82) is 0 Å². The number of ether oxygens (including phenoxy) is 1. The smallest absolute Gasteiger partial charge is 0.256 e. The van der Waals surface area contributed by atoms with Gasteiger partial charge in [-0.3, -0.25) is 9.69 Å². The Morgan fingerprint density at radius 1 is 1.26 bits per heavy atom. The van der Waals surface area contributed by atoms with Crippen LogP contribution in [-0.2, 0) is 4.74 Å². The molecule has 1 aromatic carbocycles. The quantitative estimate of drug-likeness (QED) is 0.784. The first-order valence-electron chi connectivity index (χ1n) is 9.05. The highest BCUT2D eigenvalue weighted by atomic mass is 32.2. The van der Waals surface area contributed by atoms with E-state index in [1.165, 1.54) is 11.8 Å². The number of hydrogen-bond acceptors (Lipinski definition) is 6. The molecule has 3 rings (SSSR count). The van der Waals surface area contributed by atoms with Crippen molar-refractivity contribution in [2.75, 3.05) is 46.4 Å². The molecule has 0 radical (unpaired) electrons. The molecule has 0 spiro atoms. The molecule has 0 bridgehead atoms. The van der Waals surface area contributed by atoms with Crippen molar-refractivity contribution in [2.24, 2.45) is 0 Å². The van der Waals surface area contributed by atoms with Gasteiger partial charge in [0.25, 0.3) is 5.91 Å². The molecule has 1 aliphatic rings. The summed E-state index contributed by atoms with van der Waals surface area (Å²) >= 11 is 1.46. The van der Waals surface area contributed by atoms with Gasteiger partial charge in [-0.05, 0) is 24.3 Å². The molecule has 144 valence electrons. The number of amides is 1. The molecule has 7 heteroatoms. The van der Waals surface area contributed by atoms with E-state index in [2.05, 4.69) is 9.88 Å². The number of pyridine rings is 1. The summed E-state index contributed by atoms with van der Waals surface area (Å²) < 4.78 is 5.32. The van der Waals surface area contributed by atoms with E-state index in [1.807, 2.05) is 30.3 Å². The van der Waals surface area contributed by atoms with Crippen molar-refractivity contribution in [3.63, 3.8) is 0 Å². The van der Waals surface area contributed by atoms with Crippen LogP contribution in [-0.4, -0.2) is 78.3 Å². The Balaban J connectivity index is 1.62. The van der Waals surface area contributed by atoms with Gasteiger partial charge in [-0.2, -0.15) is 0 Å². The van der Waals surface area contributed by atoms with Crippen LogP contribution in [0.4, 0.5) is 0 Å². The number of benzene rings is 1. The lowest BCUT2D eigenvalue weighted by molar-refractivity contribution is 0.00875. The van der Waals surface area contributed by atoms with Gasteiger partial charge in [-0.25, -0.2) is 4.98 Å². The van der Waals surface area contributed by atoms with Crippen LogP contribution in [0.2, 0.25) is 0 Å². The molecule has 1 fully saturated rings. The zero-order valence-electron chi connectivity index (χ0n) is 15.5. The second-order valence-electron chi connectivity index (χ2n) is 6.52. The van der Waals surface area contributed by atoms with Gasteiger partial charge in [0.15, 0.2) is 0 Å². The van der Waals surface area contributed by atoms with Crippen molar-refractivity contribution < 1.29 is 14.6 Å². The third-order valence-corrected chi connectivity index (χ3v) is 5.39. The number of likely N-dealkylation sites (N-methyl/N-ethyl adjacent to an activating group) is 1. The standard InChI is InChI=1S/C20H25N3O3S/c1-22(14-16(24)15-23-10-12-26-13-11-23)20(25)18-8-5-9-21-19(18)27-17-6-3-2-4-7-17/h2-9,16,24H,10-15H2,1H3/t16-/m1/s1. The van der Waals surface area contributed by atoms with Crippen LogP contribution in [0.25, 0.3) is 0 Å². The Kier molecular flexibility index (Phi) is 7.23. The van der Waals surface area contributed by atoms with Crippen molar-refractivity contribution >= 4 is 17.7 Å². The van der Waals surface area contributed by atoms with E-state index in [-0.39, 0.29) is 12.5 Å². The monoisotopic (exact) mass is 387 g/mol. The number of carbonyl (C=O) groups is 1. The van der Waals surface area contributed by atoms with Crippen LogP contribution in [0.3, 0.4) is 0 Å². The Hall–Kier alpha value is -1.93. The van der Waals surface area contributed by atoms with Gasteiger partial charge in [0.2, 0.25) is 0 Å². The minimum atomic E-state index is -0.598. The third kappa shape index (κ3) is 5.77. The molecule has 1 N–H and O–H groups in total. The molecular formula is C20H25N3O3S. The Bertz CT molecular complexity index is 738. The summed E-state index contributed by atoms with van der Waals surface area (Å²) in [6.07, 6.45) is 1.09. The van der Waals surface area contributed by atoms with Crippen LogP contribution in [0, 0.1) is 0 Å². The molecule has 0 aliphatic carbocycles. The van der Waals surface area contributed by atoms with E-state index in [1.54, 1.807) is 30.3 Å². The van der Waals surface area contributed by atoms with E-state index in [9.17, 15) is 9.90 Å². The number of aliphatic hydroxyl groups is 1. The molecule has 27 heavy (non-hydrogen) atoms. The summed E-state index contributed by atoms with van der Waals surface area (Å²) in [5.74, 6) is -0.137. The molecule has 1 aliphatic heterocycles. The number of aliphatic hydroxyl groups excluding tert-OH is 1. The molecular weight excluding hydrogens is 362 g/mol. The van der Waals surface area contributed by atoms with Crippen LogP contribution >= 0.6 is 11.8 Å². The van der Waals surface area contributed by atoms with Gasteiger partial charge in [0.05, 0.1) is 24.9 Å². The minimum absolute atomic E-state index is 0.137. The third-order valence-electron chi connectivity index (χ3n) is 4.36. The first-order chi connectivity index (χ1) is 13.1. The average molecular weight is 388 g/mol. The van der Waals surface area contributed by atoms with E-state index >= 15 is 0 Å². The fraction of sp³-hybridized carbons (Fsp3) is 0.400. The first-order valence-corrected chi connectivity index (χ1v) is 9.86. The van der Waals surface area contributed by atoms with Gasteiger partial charge >= 0.3 is 0 Å².